The van der Waals surface area contributed by atoms with Crippen LogP contribution < -0.4 is 0 Å². The van der Waals surface area contributed by atoms with Crippen molar-refractivity contribution in [3.63, 3.8) is 0 Å². The Morgan fingerprint density at radius 3 is 2.16 bits per heavy atom. The topological polar surface area (TPSA) is 49.9 Å². The third-order valence-corrected chi connectivity index (χ3v) is 7.59. The Bertz CT molecular complexity index is 1090. The van der Waals surface area contributed by atoms with Crippen LogP contribution in [0.2, 0.25) is 0 Å². The summed E-state index contributed by atoms with van der Waals surface area (Å²) >= 11 is 0. The van der Waals surface area contributed by atoms with Gasteiger partial charge in [-0.3, -0.25) is 9.69 Å². The first-order chi connectivity index (χ1) is 17.7. The molecule has 0 aromatic heterocycles. The molecule has 5 nitrogen and oxygen atoms in total. The molecule has 4 atom stereocenters. The van der Waals surface area contributed by atoms with Crippen LogP contribution in [-0.2, 0) is 14.3 Å². The molecule has 2 aromatic rings. The van der Waals surface area contributed by atoms with Gasteiger partial charge in [0.1, 0.15) is 6.04 Å². The lowest BCUT2D eigenvalue weighted by Gasteiger charge is -2.56. The summed E-state index contributed by atoms with van der Waals surface area (Å²) in [5.74, 6) is 5.89. The molecule has 0 N–H and O–H groups in total. The third kappa shape index (κ3) is 6.08. The molecule has 37 heavy (non-hydrogen) atoms. The van der Waals surface area contributed by atoms with Crippen LogP contribution in [0.5, 0.6) is 0 Å². The first kappa shape index (κ1) is 26.9. The van der Waals surface area contributed by atoms with Gasteiger partial charge < -0.3 is 9.64 Å². The number of piperidine rings is 2. The highest BCUT2D eigenvalue weighted by atomic mass is 16.5. The maximum Gasteiger partial charge on any atom is 0.329 e. The molecule has 1 unspecified atom stereocenters. The molecule has 196 valence electrons. The summed E-state index contributed by atoms with van der Waals surface area (Å²) in [6.45, 7) is 9.10. The minimum atomic E-state index is -0.585. The van der Waals surface area contributed by atoms with Gasteiger partial charge in [-0.2, -0.15) is 0 Å². The largest absolute Gasteiger partial charge is 0.464 e. The monoisotopic (exact) mass is 500 g/mol. The van der Waals surface area contributed by atoms with E-state index in [9.17, 15) is 9.59 Å². The number of amides is 1. The van der Waals surface area contributed by atoms with Gasteiger partial charge in [-0.15, -0.1) is 0 Å². The van der Waals surface area contributed by atoms with Crippen molar-refractivity contribution in [2.24, 2.45) is 11.3 Å². The zero-order chi connectivity index (χ0) is 26.6. The zero-order valence-electron chi connectivity index (χ0n) is 22.8. The highest BCUT2D eigenvalue weighted by molar-refractivity contribution is 5.92. The van der Waals surface area contributed by atoms with Gasteiger partial charge >= 0.3 is 5.97 Å². The third-order valence-electron chi connectivity index (χ3n) is 7.59. The summed E-state index contributed by atoms with van der Waals surface area (Å²) in [4.78, 5) is 32.1. The van der Waals surface area contributed by atoms with Crippen LogP contribution in [0, 0.1) is 23.2 Å². The van der Waals surface area contributed by atoms with Crippen LogP contribution in [0.25, 0.3) is 0 Å². The van der Waals surface area contributed by atoms with E-state index in [-0.39, 0.29) is 35.3 Å². The van der Waals surface area contributed by atoms with E-state index in [4.69, 9.17) is 4.74 Å². The fourth-order valence-electron chi connectivity index (χ4n) is 6.01. The number of rotatable bonds is 7. The van der Waals surface area contributed by atoms with E-state index >= 15 is 0 Å². The summed E-state index contributed by atoms with van der Waals surface area (Å²) < 4.78 is 5.58. The summed E-state index contributed by atoms with van der Waals surface area (Å²) in [6, 6.07) is 19.4. The molecule has 3 aliphatic rings. The molecule has 1 saturated carbocycles. The Hall–Kier alpha value is -3.10. The predicted molar refractivity (Wildman–Crippen MR) is 147 cm³/mol. The van der Waals surface area contributed by atoms with Gasteiger partial charge in [-0.1, -0.05) is 72.5 Å². The number of esters is 1. The standard InChI is InChI=1S/C32H40N2O3/c1-6-37-31(36)29-26-19-18-25(22-27(26)33(5)21-13-20-32(2,3)4)34(29)30(35)28(23-14-9-7-10-15-23)24-16-11-8-12-17-24/h7-12,14-17,25-29H,6,18-19,21-22H2,1-5H3/t25-,26+,27?,29-/m0/s1. The zero-order valence-corrected chi connectivity index (χ0v) is 22.8. The predicted octanol–water partition coefficient (Wildman–Crippen LogP) is 5.11. The number of hydrogen-bond donors (Lipinski definition) is 0. The van der Waals surface area contributed by atoms with Gasteiger partial charge in [-0.25, -0.2) is 4.79 Å². The van der Waals surface area contributed by atoms with E-state index in [2.05, 4.69) is 44.6 Å². The molecular formula is C32H40N2O3. The molecule has 1 amide bonds. The normalized spacial score (nSPS) is 23.1. The van der Waals surface area contributed by atoms with Crippen molar-refractivity contribution in [3.8, 4) is 11.8 Å². The second-order valence-corrected chi connectivity index (χ2v) is 11.4. The lowest BCUT2D eigenvalue weighted by Crippen LogP contribution is -2.68. The highest BCUT2D eigenvalue weighted by Crippen LogP contribution is 2.44. The van der Waals surface area contributed by atoms with Crippen molar-refractivity contribution in [2.75, 3.05) is 20.2 Å². The molecular weight excluding hydrogens is 460 g/mol. The SMILES string of the molecule is CCOC(=O)[C@@H]1[C@@H]2CC[C@@H](CC2N(C)CC#CC(C)(C)C)N1C(=O)C(c1ccccc1)c1ccccc1. The van der Waals surface area contributed by atoms with Gasteiger partial charge in [-0.05, 0) is 65.1 Å². The lowest BCUT2D eigenvalue weighted by atomic mass is 9.69. The van der Waals surface area contributed by atoms with Crippen molar-refractivity contribution in [2.45, 2.75) is 71.0 Å². The molecule has 3 fully saturated rings. The van der Waals surface area contributed by atoms with Crippen LogP contribution in [0.4, 0.5) is 0 Å². The number of fused-ring (bicyclic) bond motifs is 3. The molecule has 5 heteroatoms. The number of ether oxygens (including phenoxy) is 1. The Morgan fingerprint density at radius 2 is 1.62 bits per heavy atom. The van der Waals surface area contributed by atoms with Gasteiger partial charge in [0.15, 0.2) is 0 Å². The fourth-order valence-corrected chi connectivity index (χ4v) is 6.01. The van der Waals surface area contributed by atoms with Crippen LogP contribution in [0.3, 0.4) is 0 Å². The van der Waals surface area contributed by atoms with E-state index < -0.39 is 12.0 Å². The summed E-state index contributed by atoms with van der Waals surface area (Å²) in [6.07, 6.45) is 2.65. The number of benzene rings is 2. The van der Waals surface area contributed by atoms with Crippen LogP contribution in [-0.4, -0.2) is 60.0 Å². The van der Waals surface area contributed by atoms with Gasteiger partial charge in [0, 0.05) is 23.4 Å². The van der Waals surface area contributed by atoms with Crippen LogP contribution in [0.1, 0.15) is 64.0 Å². The lowest BCUT2D eigenvalue weighted by molar-refractivity contribution is -0.172. The Kier molecular flexibility index (Phi) is 8.39. The molecule has 5 rings (SSSR count). The van der Waals surface area contributed by atoms with E-state index in [1.165, 1.54) is 0 Å². The van der Waals surface area contributed by atoms with Crippen molar-refractivity contribution in [1.82, 2.24) is 9.80 Å². The van der Waals surface area contributed by atoms with Crippen molar-refractivity contribution in [1.29, 1.82) is 0 Å². The summed E-state index contributed by atoms with van der Waals surface area (Å²) in [5.41, 5.74) is 1.83. The Balaban J connectivity index is 1.68. The highest BCUT2D eigenvalue weighted by Gasteiger charge is 2.54. The van der Waals surface area contributed by atoms with Gasteiger partial charge in [0.25, 0.3) is 0 Å². The minimum absolute atomic E-state index is 0.00939. The second kappa shape index (κ2) is 11.5. The Morgan fingerprint density at radius 1 is 1.03 bits per heavy atom. The maximum atomic E-state index is 14.4. The summed E-state index contributed by atoms with van der Waals surface area (Å²) in [7, 11) is 2.09. The molecule has 2 aromatic carbocycles. The molecule has 2 saturated heterocycles. The average molecular weight is 501 g/mol. The van der Waals surface area contributed by atoms with E-state index in [1.54, 1.807) is 0 Å². The average Bonchev–Trinajstić information content (AvgIpc) is 2.89. The molecule has 2 heterocycles. The van der Waals surface area contributed by atoms with E-state index in [0.717, 1.165) is 30.4 Å². The number of carbonyl (C=O) groups is 2. The van der Waals surface area contributed by atoms with E-state index in [1.807, 2.05) is 72.5 Å². The quantitative estimate of drug-likeness (QED) is 0.392. The molecule has 1 aliphatic carbocycles. The second-order valence-electron chi connectivity index (χ2n) is 11.4. The van der Waals surface area contributed by atoms with Crippen LogP contribution in [0.15, 0.2) is 60.7 Å². The number of hydrogen-bond acceptors (Lipinski definition) is 4. The van der Waals surface area contributed by atoms with Crippen molar-refractivity contribution < 1.29 is 14.3 Å². The number of nitrogens with zero attached hydrogens (tertiary/aromatic N) is 2. The number of carbonyl (C=O) groups excluding carboxylic acids is 2. The first-order valence-corrected chi connectivity index (χ1v) is 13.5. The molecule has 2 aliphatic heterocycles. The van der Waals surface area contributed by atoms with E-state index in [0.29, 0.717) is 13.2 Å². The molecule has 0 radical (unpaired) electrons. The van der Waals surface area contributed by atoms with Gasteiger partial charge in [0.2, 0.25) is 5.91 Å². The van der Waals surface area contributed by atoms with Crippen LogP contribution >= 0.6 is 0 Å². The molecule has 0 spiro atoms. The minimum Gasteiger partial charge on any atom is -0.464 e. The Labute approximate surface area is 222 Å². The maximum absolute atomic E-state index is 14.4. The molecule has 2 bridgehead atoms. The van der Waals surface area contributed by atoms with Crippen molar-refractivity contribution >= 4 is 11.9 Å². The van der Waals surface area contributed by atoms with Gasteiger partial charge in [0.05, 0.1) is 19.1 Å². The summed E-state index contributed by atoms with van der Waals surface area (Å²) in [5, 5.41) is 0. The van der Waals surface area contributed by atoms with Crippen molar-refractivity contribution in [3.05, 3.63) is 71.8 Å². The first-order valence-electron chi connectivity index (χ1n) is 13.5. The smallest absolute Gasteiger partial charge is 0.329 e. The fraction of sp³-hybridized carbons (Fsp3) is 0.500.